The predicted octanol–water partition coefficient (Wildman–Crippen LogP) is 1.91. The van der Waals surface area contributed by atoms with Crippen molar-refractivity contribution in [3.63, 3.8) is 0 Å². The first-order valence-electron chi connectivity index (χ1n) is 5.25. The maximum absolute atomic E-state index is 12.2. The SMILES string of the molecule is COC(=O)[C@@]1(Br)[C@H]2O[C@H]([C@H](Br)[C@@H]2Br)[C@@]1(Br)C(=O)OC. The van der Waals surface area contributed by atoms with Crippen molar-refractivity contribution >= 4 is 75.7 Å². The van der Waals surface area contributed by atoms with Gasteiger partial charge in [-0.2, -0.15) is 0 Å². The van der Waals surface area contributed by atoms with Crippen LogP contribution in [0.15, 0.2) is 0 Å². The normalized spacial score (nSPS) is 48.1. The molecule has 0 amide bonds. The molecule has 9 heteroatoms. The maximum Gasteiger partial charge on any atom is 0.327 e. The molecule has 108 valence electrons. The minimum Gasteiger partial charge on any atom is -0.468 e. The predicted molar refractivity (Wildman–Crippen MR) is 81.4 cm³/mol. The van der Waals surface area contributed by atoms with Crippen LogP contribution in [0.2, 0.25) is 0 Å². The van der Waals surface area contributed by atoms with E-state index in [0.29, 0.717) is 0 Å². The Balaban J connectivity index is 2.56. The Kier molecular flexibility index (Phi) is 4.45. The molecule has 2 aliphatic rings. The van der Waals surface area contributed by atoms with Crippen molar-refractivity contribution in [1.29, 1.82) is 0 Å². The highest BCUT2D eigenvalue weighted by molar-refractivity contribution is 9.14. The number of carbonyl (C=O) groups excluding carboxylic acids is 2. The molecule has 6 atom stereocenters. The summed E-state index contributed by atoms with van der Waals surface area (Å²) in [6.45, 7) is 0. The number of hydrogen-bond acceptors (Lipinski definition) is 5. The van der Waals surface area contributed by atoms with Crippen LogP contribution in [0.5, 0.6) is 0 Å². The Morgan fingerprint density at radius 2 is 1.26 bits per heavy atom. The third-order valence-electron chi connectivity index (χ3n) is 3.45. The fourth-order valence-electron chi connectivity index (χ4n) is 2.51. The van der Waals surface area contributed by atoms with Gasteiger partial charge >= 0.3 is 11.9 Å². The van der Waals surface area contributed by atoms with Gasteiger partial charge in [-0.05, 0) is 0 Å². The Hall–Kier alpha value is 0.820. The molecule has 2 rings (SSSR count). The minimum absolute atomic E-state index is 0.147. The first kappa shape index (κ1) is 16.2. The third-order valence-corrected chi connectivity index (χ3v) is 9.60. The maximum atomic E-state index is 12.2. The lowest BCUT2D eigenvalue weighted by Crippen LogP contribution is -2.67. The highest BCUT2D eigenvalue weighted by Crippen LogP contribution is 2.61. The summed E-state index contributed by atoms with van der Waals surface area (Å²) in [6.07, 6.45) is -1.15. The van der Waals surface area contributed by atoms with Crippen LogP contribution >= 0.6 is 63.7 Å². The van der Waals surface area contributed by atoms with Gasteiger partial charge in [-0.1, -0.05) is 63.7 Å². The van der Waals surface area contributed by atoms with E-state index in [2.05, 4.69) is 63.7 Å². The monoisotopic (exact) mass is 526 g/mol. The average molecular weight is 530 g/mol. The van der Waals surface area contributed by atoms with E-state index < -0.39 is 32.8 Å². The van der Waals surface area contributed by atoms with Gasteiger partial charge in [-0.3, -0.25) is 9.59 Å². The van der Waals surface area contributed by atoms with Crippen LogP contribution in [0.25, 0.3) is 0 Å². The summed E-state index contributed by atoms with van der Waals surface area (Å²) >= 11 is 13.7. The first-order valence-corrected chi connectivity index (χ1v) is 8.66. The number of hydrogen-bond donors (Lipinski definition) is 0. The van der Waals surface area contributed by atoms with E-state index in [0.717, 1.165) is 0 Å². The Morgan fingerprint density at radius 3 is 1.53 bits per heavy atom. The van der Waals surface area contributed by atoms with Gasteiger partial charge < -0.3 is 14.2 Å². The van der Waals surface area contributed by atoms with Crippen LogP contribution in [0, 0.1) is 0 Å². The summed E-state index contributed by atoms with van der Waals surface area (Å²) in [4.78, 5) is 24.1. The van der Waals surface area contributed by atoms with Crippen molar-refractivity contribution in [3.05, 3.63) is 0 Å². The zero-order chi connectivity index (χ0) is 14.6. The molecule has 19 heavy (non-hydrogen) atoms. The van der Waals surface area contributed by atoms with E-state index in [1.54, 1.807) is 0 Å². The smallest absolute Gasteiger partial charge is 0.327 e. The summed E-state index contributed by atoms with van der Waals surface area (Å²) in [6, 6.07) is 0. The van der Waals surface area contributed by atoms with Crippen molar-refractivity contribution in [2.75, 3.05) is 14.2 Å². The van der Waals surface area contributed by atoms with Crippen LogP contribution in [0.1, 0.15) is 0 Å². The molecule has 2 saturated heterocycles. The molecule has 0 aliphatic carbocycles. The molecule has 2 fully saturated rings. The van der Waals surface area contributed by atoms with Crippen LogP contribution in [0.3, 0.4) is 0 Å². The minimum atomic E-state index is -1.36. The van der Waals surface area contributed by atoms with Crippen LogP contribution < -0.4 is 0 Å². The van der Waals surface area contributed by atoms with Gasteiger partial charge in [0.2, 0.25) is 0 Å². The molecule has 2 aliphatic heterocycles. The van der Waals surface area contributed by atoms with Crippen molar-refractivity contribution in [1.82, 2.24) is 0 Å². The average Bonchev–Trinajstić information content (AvgIpc) is 2.83. The molecule has 0 saturated carbocycles. The number of halogens is 4. The molecule has 5 nitrogen and oxygen atoms in total. The molecular weight excluding hydrogens is 520 g/mol. The third kappa shape index (κ3) is 1.84. The van der Waals surface area contributed by atoms with Gasteiger partial charge in [0.1, 0.15) is 0 Å². The zero-order valence-electron chi connectivity index (χ0n) is 9.86. The van der Waals surface area contributed by atoms with E-state index in [-0.39, 0.29) is 9.65 Å². The van der Waals surface area contributed by atoms with E-state index in [1.807, 2.05) is 0 Å². The number of esters is 2. The second-order valence-electron chi connectivity index (χ2n) is 4.27. The van der Waals surface area contributed by atoms with Crippen LogP contribution in [-0.4, -0.2) is 56.7 Å². The lowest BCUT2D eigenvalue weighted by molar-refractivity contribution is -0.152. The molecule has 2 heterocycles. The molecule has 0 aromatic carbocycles. The van der Waals surface area contributed by atoms with Crippen LogP contribution in [-0.2, 0) is 23.8 Å². The molecule has 0 aromatic rings. The highest BCUT2D eigenvalue weighted by Gasteiger charge is 2.80. The quantitative estimate of drug-likeness (QED) is 0.404. The Labute approximate surface area is 143 Å². The zero-order valence-corrected chi connectivity index (χ0v) is 16.2. The molecule has 0 unspecified atom stereocenters. The number of rotatable bonds is 2. The van der Waals surface area contributed by atoms with Gasteiger partial charge in [0.15, 0.2) is 8.65 Å². The number of alkyl halides is 4. The van der Waals surface area contributed by atoms with Gasteiger partial charge in [-0.15, -0.1) is 0 Å². The van der Waals surface area contributed by atoms with Crippen molar-refractivity contribution in [2.24, 2.45) is 0 Å². The van der Waals surface area contributed by atoms with E-state index in [4.69, 9.17) is 14.2 Å². The van der Waals surface area contributed by atoms with E-state index in [1.165, 1.54) is 14.2 Å². The first-order chi connectivity index (χ1) is 8.76. The van der Waals surface area contributed by atoms with Crippen molar-refractivity contribution in [2.45, 2.75) is 30.5 Å². The Bertz CT molecular complexity index is 394. The lowest BCUT2D eigenvalue weighted by atomic mass is 9.78. The summed E-state index contributed by atoms with van der Waals surface area (Å²) in [5.41, 5.74) is 0. The molecule has 0 aromatic heterocycles. The Morgan fingerprint density at radius 1 is 0.947 bits per heavy atom. The topological polar surface area (TPSA) is 61.8 Å². The largest absolute Gasteiger partial charge is 0.468 e. The van der Waals surface area contributed by atoms with E-state index >= 15 is 0 Å². The number of fused-ring (bicyclic) bond motifs is 2. The second-order valence-corrected chi connectivity index (χ2v) is 8.89. The molecule has 0 spiro atoms. The number of carbonyl (C=O) groups is 2. The number of ether oxygens (including phenoxy) is 3. The summed E-state index contributed by atoms with van der Waals surface area (Å²) in [7, 11) is 2.52. The fourth-order valence-corrected chi connectivity index (χ4v) is 6.70. The van der Waals surface area contributed by atoms with Crippen molar-refractivity contribution < 1.29 is 23.8 Å². The number of methoxy groups -OCH3 is 2. The van der Waals surface area contributed by atoms with E-state index in [9.17, 15) is 9.59 Å². The summed E-state index contributed by atoms with van der Waals surface area (Å²) in [5.74, 6) is -1.18. The molecule has 0 N–H and O–H groups in total. The van der Waals surface area contributed by atoms with Gasteiger partial charge in [0, 0.05) is 0 Å². The van der Waals surface area contributed by atoms with Crippen LogP contribution in [0.4, 0.5) is 0 Å². The molecule has 0 radical (unpaired) electrons. The summed E-state index contributed by atoms with van der Waals surface area (Å²) < 4.78 is 12.7. The van der Waals surface area contributed by atoms with Crippen molar-refractivity contribution in [3.8, 4) is 0 Å². The second kappa shape index (κ2) is 5.23. The molecule has 2 bridgehead atoms. The fraction of sp³-hybridized carbons (Fsp3) is 0.800. The van der Waals surface area contributed by atoms with Gasteiger partial charge in [-0.25, -0.2) is 0 Å². The molecular formula is C10H10Br4O5. The lowest BCUT2D eigenvalue weighted by Gasteiger charge is -2.42. The summed E-state index contributed by atoms with van der Waals surface area (Å²) in [5, 5.41) is 0. The van der Waals surface area contributed by atoms with Gasteiger partial charge in [0.05, 0.1) is 36.1 Å². The highest BCUT2D eigenvalue weighted by atomic mass is 79.9. The van der Waals surface area contributed by atoms with Gasteiger partial charge in [0.25, 0.3) is 0 Å². The standard InChI is InChI=1S/C10H10Br4O5/c1-17-7(15)9(13)5-3(11)4(12)6(19-5)10(9,14)8(16)18-2/h3-6H,1-2H3/t3-,4+,5-,6+,9-,10+.